The van der Waals surface area contributed by atoms with Gasteiger partial charge in [-0.3, -0.25) is 10.1 Å². The molecular weight excluding hydrogens is 244 g/mol. The van der Waals surface area contributed by atoms with Gasteiger partial charge < -0.3 is 9.84 Å². The van der Waals surface area contributed by atoms with E-state index in [0.29, 0.717) is 23.1 Å². The van der Waals surface area contributed by atoms with Crippen LogP contribution in [0, 0.1) is 6.92 Å². The van der Waals surface area contributed by atoms with E-state index < -0.39 is 0 Å². The molecule has 0 unspecified atom stereocenters. The first kappa shape index (κ1) is 13.1. The molecule has 0 aliphatic heterocycles. The van der Waals surface area contributed by atoms with Crippen LogP contribution in [0.15, 0.2) is 28.8 Å². The van der Waals surface area contributed by atoms with Crippen LogP contribution in [0.3, 0.4) is 0 Å². The average molecular weight is 260 g/mol. The molecule has 2 aromatic heterocycles. The summed E-state index contributed by atoms with van der Waals surface area (Å²) in [4.78, 5) is 16.2. The average Bonchev–Trinajstić information content (AvgIpc) is 2.82. The van der Waals surface area contributed by atoms with Gasteiger partial charge in [-0.05, 0) is 25.5 Å². The smallest absolute Gasteiger partial charge is 0.276 e. The first-order valence-electron chi connectivity index (χ1n) is 6.14. The first-order chi connectivity index (χ1) is 9.19. The summed E-state index contributed by atoms with van der Waals surface area (Å²) in [5.74, 6) is 0.677. The van der Waals surface area contributed by atoms with Crippen LogP contribution in [-0.4, -0.2) is 22.6 Å². The summed E-state index contributed by atoms with van der Waals surface area (Å²) in [5.41, 5.74) is 1.04. The number of anilines is 2. The molecule has 0 aromatic carbocycles. The lowest BCUT2D eigenvalue weighted by Gasteiger charge is -2.05. The monoisotopic (exact) mass is 260 g/mol. The second kappa shape index (κ2) is 5.99. The fourth-order valence-corrected chi connectivity index (χ4v) is 1.51. The number of hydrogen-bond donors (Lipinski definition) is 2. The zero-order chi connectivity index (χ0) is 13.7. The van der Waals surface area contributed by atoms with Crippen molar-refractivity contribution in [3.8, 4) is 0 Å². The molecule has 0 radical (unpaired) electrons. The topological polar surface area (TPSA) is 80.0 Å². The number of aryl methyl sites for hydroxylation is 1. The molecule has 0 atom stereocenters. The Morgan fingerprint density at radius 3 is 2.95 bits per heavy atom. The normalized spacial score (nSPS) is 10.2. The van der Waals surface area contributed by atoms with Crippen LogP contribution in [-0.2, 0) is 0 Å². The Bertz CT molecular complexity index is 565. The summed E-state index contributed by atoms with van der Waals surface area (Å²) >= 11 is 0. The molecule has 0 aliphatic rings. The Balaban J connectivity index is 2.06. The van der Waals surface area contributed by atoms with Crippen molar-refractivity contribution in [3.05, 3.63) is 35.7 Å². The lowest BCUT2D eigenvalue weighted by Crippen LogP contribution is -2.14. The van der Waals surface area contributed by atoms with Crippen LogP contribution in [0.25, 0.3) is 0 Å². The second-order valence-corrected chi connectivity index (χ2v) is 4.12. The fourth-order valence-electron chi connectivity index (χ4n) is 1.51. The molecule has 6 nitrogen and oxygen atoms in total. The third-order valence-electron chi connectivity index (χ3n) is 2.40. The van der Waals surface area contributed by atoms with Crippen molar-refractivity contribution in [2.24, 2.45) is 0 Å². The van der Waals surface area contributed by atoms with Gasteiger partial charge in [-0.15, -0.1) is 0 Å². The third-order valence-corrected chi connectivity index (χ3v) is 2.40. The molecule has 2 rings (SSSR count). The highest BCUT2D eigenvalue weighted by Gasteiger charge is 2.10. The van der Waals surface area contributed by atoms with E-state index in [2.05, 4.69) is 27.7 Å². The zero-order valence-electron chi connectivity index (χ0n) is 10.9. The van der Waals surface area contributed by atoms with Gasteiger partial charge in [-0.2, -0.15) is 0 Å². The van der Waals surface area contributed by atoms with Gasteiger partial charge in [0.15, 0.2) is 0 Å². The Labute approximate surface area is 111 Å². The zero-order valence-corrected chi connectivity index (χ0v) is 10.9. The van der Waals surface area contributed by atoms with Gasteiger partial charge in [-0.1, -0.05) is 18.1 Å². The number of hydrogen-bond acceptors (Lipinski definition) is 5. The van der Waals surface area contributed by atoms with Crippen LogP contribution in [0.5, 0.6) is 0 Å². The molecule has 0 bridgehead atoms. The van der Waals surface area contributed by atoms with Gasteiger partial charge >= 0.3 is 0 Å². The quantitative estimate of drug-likeness (QED) is 0.863. The van der Waals surface area contributed by atoms with Crippen molar-refractivity contribution in [3.63, 3.8) is 0 Å². The summed E-state index contributed by atoms with van der Waals surface area (Å²) in [6.45, 7) is 4.67. The molecule has 1 amide bonds. The molecule has 6 heteroatoms. The number of aromatic nitrogens is 2. The Morgan fingerprint density at radius 2 is 2.26 bits per heavy atom. The standard InChI is InChI=1S/C13H16N4O2/c1-3-7-14-11-6-4-5-10(15-11)13(18)16-12-8-9(2)17-19-12/h4-6,8H,3,7H2,1-2H3,(H,14,15)(H,16,18). The lowest BCUT2D eigenvalue weighted by atomic mass is 10.3. The second-order valence-electron chi connectivity index (χ2n) is 4.12. The molecule has 0 spiro atoms. The molecule has 2 aromatic rings. The van der Waals surface area contributed by atoms with Crippen molar-refractivity contribution in [2.75, 3.05) is 17.2 Å². The maximum atomic E-state index is 12.0. The molecule has 0 aliphatic carbocycles. The van der Waals surface area contributed by atoms with Crippen molar-refractivity contribution >= 4 is 17.6 Å². The maximum absolute atomic E-state index is 12.0. The summed E-state index contributed by atoms with van der Waals surface area (Å²) < 4.78 is 4.93. The minimum absolute atomic E-state index is 0.316. The largest absolute Gasteiger partial charge is 0.370 e. The summed E-state index contributed by atoms with van der Waals surface area (Å²) in [5, 5.41) is 9.43. The third kappa shape index (κ3) is 3.54. The van der Waals surface area contributed by atoms with Crippen LogP contribution < -0.4 is 10.6 Å². The van der Waals surface area contributed by atoms with E-state index >= 15 is 0 Å². The number of nitrogens with zero attached hydrogens (tertiary/aromatic N) is 2. The number of amides is 1. The van der Waals surface area contributed by atoms with E-state index in [1.165, 1.54) is 0 Å². The lowest BCUT2D eigenvalue weighted by molar-refractivity contribution is 0.101. The summed E-state index contributed by atoms with van der Waals surface area (Å²) in [6, 6.07) is 6.91. The number of pyridine rings is 1. The van der Waals surface area contributed by atoms with Gasteiger partial charge in [0.2, 0.25) is 5.88 Å². The van der Waals surface area contributed by atoms with Crippen LogP contribution in [0.2, 0.25) is 0 Å². The van der Waals surface area contributed by atoms with E-state index in [4.69, 9.17) is 4.52 Å². The SMILES string of the molecule is CCCNc1cccc(C(=O)Nc2cc(C)no2)n1. The van der Waals surface area contributed by atoms with E-state index in [-0.39, 0.29) is 5.91 Å². The Hall–Kier alpha value is -2.37. The van der Waals surface area contributed by atoms with Crippen molar-refractivity contribution in [2.45, 2.75) is 20.3 Å². The van der Waals surface area contributed by atoms with Gasteiger partial charge in [0.1, 0.15) is 11.5 Å². The van der Waals surface area contributed by atoms with Crippen molar-refractivity contribution in [1.29, 1.82) is 0 Å². The fraction of sp³-hybridized carbons (Fsp3) is 0.308. The maximum Gasteiger partial charge on any atom is 0.276 e. The van der Waals surface area contributed by atoms with Gasteiger partial charge in [0.25, 0.3) is 5.91 Å². The predicted molar refractivity (Wildman–Crippen MR) is 72.2 cm³/mol. The minimum atomic E-state index is -0.323. The van der Waals surface area contributed by atoms with Crippen LogP contribution >= 0.6 is 0 Å². The molecule has 0 fully saturated rings. The Kier molecular flexibility index (Phi) is 4.12. The number of carbonyl (C=O) groups excluding carboxylic acids is 1. The highest BCUT2D eigenvalue weighted by Crippen LogP contribution is 2.11. The van der Waals surface area contributed by atoms with E-state index in [9.17, 15) is 4.79 Å². The highest BCUT2D eigenvalue weighted by molar-refractivity contribution is 6.02. The van der Waals surface area contributed by atoms with Crippen molar-refractivity contribution in [1.82, 2.24) is 10.1 Å². The summed E-state index contributed by atoms with van der Waals surface area (Å²) in [7, 11) is 0. The Morgan fingerprint density at radius 1 is 1.42 bits per heavy atom. The van der Waals surface area contributed by atoms with E-state index in [0.717, 1.165) is 13.0 Å². The first-order valence-corrected chi connectivity index (χ1v) is 6.14. The van der Waals surface area contributed by atoms with Gasteiger partial charge in [-0.25, -0.2) is 4.98 Å². The van der Waals surface area contributed by atoms with Crippen LogP contribution in [0.4, 0.5) is 11.7 Å². The summed E-state index contributed by atoms with van der Waals surface area (Å²) in [6.07, 6.45) is 0.995. The minimum Gasteiger partial charge on any atom is -0.370 e. The number of carbonyl (C=O) groups is 1. The molecule has 19 heavy (non-hydrogen) atoms. The molecule has 0 saturated carbocycles. The van der Waals surface area contributed by atoms with Crippen LogP contribution in [0.1, 0.15) is 29.5 Å². The van der Waals surface area contributed by atoms with E-state index in [1.54, 1.807) is 25.1 Å². The molecule has 0 saturated heterocycles. The number of rotatable bonds is 5. The van der Waals surface area contributed by atoms with Crippen molar-refractivity contribution < 1.29 is 9.32 Å². The van der Waals surface area contributed by atoms with Gasteiger partial charge in [0, 0.05) is 12.6 Å². The van der Waals surface area contributed by atoms with Gasteiger partial charge in [0.05, 0.1) is 5.69 Å². The predicted octanol–water partition coefficient (Wildman–Crippen LogP) is 2.45. The number of nitrogens with one attached hydrogen (secondary N) is 2. The molecule has 100 valence electrons. The van der Waals surface area contributed by atoms with E-state index in [1.807, 2.05) is 6.07 Å². The highest BCUT2D eigenvalue weighted by atomic mass is 16.5. The molecule has 2 heterocycles. The molecule has 2 N–H and O–H groups in total. The molecular formula is C13H16N4O2.